The van der Waals surface area contributed by atoms with Crippen LogP contribution in [0.3, 0.4) is 0 Å². The fourth-order valence-electron chi connectivity index (χ4n) is 2.85. The second-order valence-corrected chi connectivity index (χ2v) is 6.33. The monoisotopic (exact) mass is 422 g/mol. The Kier molecular flexibility index (Phi) is 6.41. The van der Waals surface area contributed by atoms with E-state index in [0.717, 1.165) is 4.90 Å². The van der Waals surface area contributed by atoms with Crippen molar-refractivity contribution in [3.63, 3.8) is 0 Å². The molecule has 1 fully saturated rings. The summed E-state index contributed by atoms with van der Waals surface area (Å²) in [6, 6.07) is 12.1. The van der Waals surface area contributed by atoms with Gasteiger partial charge in [-0.25, -0.2) is 9.69 Å². The van der Waals surface area contributed by atoms with Crippen molar-refractivity contribution < 1.29 is 24.0 Å². The first-order chi connectivity index (χ1) is 14.9. The number of anilines is 1. The predicted molar refractivity (Wildman–Crippen MR) is 112 cm³/mol. The van der Waals surface area contributed by atoms with Crippen LogP contribution in [0.2, 0.25) is 0 Å². The summed E-state index contributed by atoms with van der Waals surface area (Å²) in [5, 5.41) is 16.0. The predicted octanol–water partition coefficient (Wildman–Crippen LogP) is 2.69. The van der Waals surface area contributed by atoms with E-state index in [2.05, 4.69) is 10.6 Å². The lowest BCUT2D eigenvalue weighted by molar-refractivity contribution is -0.385. The summed E-state index contributed by atoms with van der Waals surface area (Å²) in [6.07, 6.45) is 4.17. The Morgan fingerprint density at radius 3 is 2.65 bits per heavy atom. The first-order valence-electron chi connectivity index (χ1n) is 9.08. The second kappa shape index (κ2) is 9.35. The zero-order chi connectivity index (χ0) is 22.4. The van der Waals surface area contributed by atoms with Crippen molar-refractivity contribution in [2.24, 2.45) is 0 Å². The number of para-hydroxylation sites is 3. The van der Waals surface area contributed by atoms with Gasteiger partial charge in [-0.05, 0) is 30.4 Å². The van der Waals surface area contributed by atoms with Gasteiger partial charge < -0.3 is 15.4 Å². The van der Waals surface area contributed by atoms with E-state index in [4.69, 9.17) is 4.74 Å². The van der Waals surface area contributed by atoms with Crippen molar-refractivity contribution in [1.29, 1.82) is 0 Å². The Balaban J connectivity index is 1.68. The molecule has 0 spiro atoms. The molecule has 4 amide bonds. The van der Waals surface area contributed by atoms with Crippen LogP contribution in [-0.4, -0.2) is 41.3 Å². The van der Waals surface area contributed by atoms with Crippen LogP contribution < -0.4 is 15.4 Å². The van der Waals surface area contributed by atoms with E-state index < -0.39 is 29.3 Å². The maximum atomic E-state index is 12.5. The topological polar surface area (TPSA) is 131 Å². The molecule has 2 N–H and O–H groups in total. The molecule has 31 heavy (non-hydrogen) atoms. The highest BCUT2D eigenvalue weighted by Crippen LogP contribution is 2.23. The maximum absolute atomic E-state index is 12.5. The average molecular weight is 422 g/mol. The molecule has 0 radical (unpaired) electrons. The SMILES string of the molecule is COc1ccccc1NC(=O)CN1C(=O)N/C(=C/C=C/c2ccccc2[N+](=O)[O-])C1=O. The van der Waals surface area contributed by atoms with E-state index in [0.29, 0.717) is 17.0 Å². The fraction of sp³-hybridized carbons (Fsp3) is 0.0952. The molecule has 1 aliphatic heterocycles. The third-order valence-corrected chi connectivity index (χ3v) is 4.32. The maximum Gasteiger partial charge on any atom is 0.329 e. The van der Waals surface area contributed by atoms with Gasteiger partial charge in [-0.15, -0.1) is 0 Å². The van der Waals surface area contributed by atoms with Crippen molar-refractivity contribution in [1.82, 2.24) is 10.2 Å². The van der Waals surface area contributed by atoms with E-state index in [1.165, 1.54) is 31.4 Å². The number of carbonyl (C=O) groups excluding carboxylic acids is 3. The molecule has 0 atom stereocenters. The number of hydrogen-bond donors (Lipinski definition) is 2. The molecule has 0 bridgehead atoms. The van der Waals surface area contributed by atoms with Gasteiger partial charge in [-0.3, -0.25) is 19.7 Å². The molecule has 1 heterocycles. The Bertz CT molecular complexity index is 1110. The number of imide groups is 1. The van der Waals surface area contributed by atoms with Gasteiger partial charge in [0, 0.05) is 6.07 Å². The minimum absolute atomic E-state index is 0.0510. The van der Waals surface area contributed by atoms with E-state index in [1.54, 1.807) is 42.5 Å². The minimum Gasteiger partial charge on any atom is -0.495 e. The Morgan fingerprint density at radius 2 is 1.90 bits per heavy atom. The number of methoxy groups -OCH3 is 1. The van der Waals surface area contributed by atoms with E-state index in [1.807, 2.05) is 0 Å². The molecule has 10 heteroatoms. The summed E-state index contributed by atoms with van der Waals surface area (Å²) in [6.45, 7) is -0.492. The molecule has 0 unspecified atom stereocenters. The number of allylic oxidation sites excluding steroid dienone is 2. The lowest BCUT2D eigenvalue weighted by Gasteiger charge is -2.13. The number of nitrogens with zero attached hydrogens (tertiary/aromatic N) is 2. The number of urea groups is 1. The van der Waals surface area contributed by atoms with Gasteiger partial charge in [0.25, 0.3) is 11.6 Å². The largest absolute Gasteiger partial charge is 0.495 e. The molecule has 0 saturated carbocycles. The third kappa shape index (κ3) is 4.93. The summed E-state index contributed by atoms with van der Waals surface area (Å²) in [5.74, 6) is -0.828. The van der Waals surface area contributed by atoms with Gasteiger partial charge in [0.15, 0.2) is 0 Å². The third-order valence-electron chi connectivity index (χ3n) is 4.32. The standard InChI is InChI=1S/C21H18N4O6/c1-31-18-12-5-3-9-15(18)22-19(26)13-24-20(27)16(23-21(24)28)10-6-8-14-7-2-4-11-17(14)25(29)30/h2-12H,13H2,1H3,(H,22,26)(H,23,28)/b8-6+,16-10+. The van der Waals surface area contributed by atoms with Gasteiger partial charge in [-0.1, -0.05) is 30.3 Å². The highest BCUT2D eigenvalue weighted by molar-refractivity contribution is 6.14. The van der Waals surface area contributed by atoms with Gasteiger partial charge in [0.05, 0.1) is 23.3 Å². The van der Waals surface area contributed by atoms with Crippen LogP contribution in [0, 0.1) is 10.1 Å². The van der Waals surface area contributed by atoms with Crippen LogP contribution in [-0.2, 0) is 9.59 Å². The lowest BCUT2D eigenvalue weighted by Crippen LogP contribution is -2.38. The average Bonchev–Trinajstić information content (AvgIpc) is 3.02. The van der Waals surface area contributed by atoms with E-state index >= 15 is 0 Å². The normalized spacial score (nSPS) is 14.7. The lowest BCUT2D eigenvalue weighted by atomic mass is 10.1. The smallest absolute Gasteiger partial charge is 0.329 e. The highest BCUT2D eigenvalue weighted by Gasteiger charge is 2.34. The molecule has 2 aromatic carbocycles. The summed E-state index contributed by atoms with van der Waals surface area (Å²) in [4.78, 5) is 48.2. The van der Waals surface area contributed by atoms with Gasteiger partial charge in [0.1, 0.15) is 18.0 Å². The number of rotatable bonds is 7. The fourth-order valence-corrected chi connectivity index (χ4v) is 2.85. The summed E-state index contributed by atoms with van der Waals surface area (Å²) in [5.41, 5.74) is 0.609. The zero-order valence-electron chi connectivity index (χ0n) is 16.4. The van der Waals surface area contributed by atoms with Gasteiger partial charge >= 0.3 is 6.03 Å². The Labute approximate surface area is 176 Å². The number of amides is 4. The number of nitrogens with one attached hydrogen (secondary N) is 2. The number of nitro benzene ring substituents is 1. The molecule has 0 aromatic heterocycles. The minimum atomic E-state index is -0.745. The van der Waals surface area contributed by atoms with E-state index in [-0.39, 0.29) is 11.4 Å². The quantitative estimate of drug-likeness (QED) is 0.305. The summed E-state index contributed by atoms with van der Waals surface area (Å²) in [7, 11) is 1.46. The van der Waals surface area contributed by atoms with Crippen LogP contribution in [0.1, 0.15) is 5.56 Å². The molecule has 10 nitrogen and oxygen atoms in total. The summed E-state index contributed by atoms with van der Waals surface area (Å²) >= 11 is 0. The van der Waals surface area contributed by atoms with Gasteiger partial charge in [-0.2, -0.15) is 0 Å². The zero-order valence-corrected chi connectivity index (χ0v) is 16.4. The number of benzene rings is 2. The highest BCUT2D eigenvalue weighted by atomic mass is 16.6. The van der Waals surface area contributed by atoms with Crippen molar-refractivity contribution in [3.05, 3.63) is 82.1 Å². The van der Waals surface area contributed by atoms with Crippen molar-refractivity contribution >= 4 is 35.3 Å². The molecule has 3 rings (SSSR count). The van der Waals surface area contributed by atoms with Crippen molar-refractivity contribution in [2.45, 2.75) is 0 Å². The summed E-state index contributed by atoms with van der Waals surface area (Å²) < 4.78 is 5.15. The second-order valence-electron chi connectivity index (χ2n) is 6.33. The van der Waals surface area contributed by atoms with E-state index in [9.17, 15) is 24.5 Å². The van der Waals surface area contributed by atoms with Crippen molar-refractivity contribution in [2.75, 3.05) is 19.0 Å². The number of hydrogen-bond acceptors (Lipinski definition) is 6. The van der Waals surface area contributed by atoms with Crippen LogP contribution >= 0.6 is 0 Å². The van der Waals surface area contributed by atoms with Crippen LogP contribution in [0.15, 0.2) is 66.4 Å². The molecule has 2 aromatic rings. The Hall–Kier alpha value is -4.47. The van der Waals surface area contributed by atoms with Crippen LogP contribution in [0.25, 0.3) is 6.08 Å². The molecular weight excluding hydrogens is 404 g/mol. The molecular formula is C21H18N4O6. The number of nitro groups is 1. The number of carbonyl (C=O) groups is 3. The van der Waals surface area contributed by atoms with Gasteiger partial charge in [0.2, 0.25) is 5.91 Å². The van der Waals surface area contributed by atoms with Crippen molar-refractivity contribution in [3.8, 4) is 5.75 Å². The Morgan fingerprint density at radius 1 is 1.19 bits per heavy atom. The first kappa shape index (κ1) is 21.2. The van der Waals surface area contributed by atoms with Crippen LogP contribution in [0.5, 0.6) is 5.75 Å². The molecule has 158 valence electrons. The molecule has 0 aliphatic carbocycles. The first-order valence-corrected chi connectivity index (χ1v) is 9.08. The van der Waals surface area contributed by atoms with Crippen LogP contribution in [0.4, 0.5) is 16.2 Å². The molecule has 1 saturated heterocycles. The number of ether oxygens (including phenoxy) is 1. The molecule has 1 aliphatic rings.